The fourth-order valence-electron chi connectivity index (χ4n) is 6.85. The SMILES string of the molecule is C=C(C)OC(C)=O.CC(=O)C=C(C)C.CC1=CC2(C)C3C(=O)CC(=O)C3C1C1C(=O)OC(=O)C12.Cc1ccc(S(=O)(=O)O)cc1.O=C1C=CC(=O)O1. The first-order valence-electron chi connectivity index (χ1n) is 15.9. The Balaban J connectivity index is 0.000000249. The summed E-state index contributed by atoms with van der Waals surface area (Å²) in [6.45, 7) is 17.2. The van der Waals surface area contributed by atoms with E-state index in [1.165, 1.54) is 19.1 Å². The van der Waals surface area contributed by atoms with Crippen LogP contribution in [0.4, 0.5) is 0 Å². The van der Waals surface area contributed by atoms with Crippen LogP contribution in [0.25, 0.3) is 0 Å². The molecular weight excluding hydrogens is 700 g/mol. The number of esters is 5. The maximum absolute atomic E-state index is 12.2. The van der Waals surface area contributed by atoms with E-state index in [0.29, 0.717) is 5.76 Å². The molecule has 280 valence electrons. The lowest BCUT2D eigenvalue weighted by Gasteiger charge is -2.53. The molecule has 1 aromatic carbocycles. The lowest BCUT2D eigenvalue weighted by Crippen LogP contribution is -2.57. The van der Waals surface area contributed by atoms with Gasteiger partial charge in [0.1, 0.15) is 11.6 Å². The van der Waals surface area contributed by atoms with Gasteiger partial charge in [-0.05, 0) is 59.8 Å². The molecule has 2 bridgehead atoms. The first-order valence-corrected chi connectivity index (χ1v) is 17.3. The fraction of sp³-hybridized carbons (Fsp3) is 0.405. The Hall–Kier alpha value is -5.15. The Kier molecular flexibility index (Phi) is 14.4. The van der Waals surface area contributed by atoms with Crippen molar-refractivity contribution in [2.24, 2.45) is 35.0 Å². The van der Waals surface area contributed by atoms with Crippen molar-refractivity contribution in [3.8, 4) is 0 Å². The highest BCUT2D eigenvalue weighted by atomic mass is 32.2. The van der Waals surface area contributed by atoms with Crippen LogP contribution >= 0.6 is 0 Å². The molecule has 0 spiro atoms. The zero-order valence-electron chi connectivity index (χ0n) is 30.1. The topological polar surface area (TPSA) is 219 Å². The molecule has 6 atom stereocenters. The highest BCUT2D eigenvalue weighted by molar-refractivity contribution is 7.85. The summed E-state index contributed by atoms with van der Waals surface area (Å²) in [4.78, 5) is 88.4. The molecule has 15 heteroatoms. The minimum atomic E-state index is -4.02. The van der Waals surface area contributed by atoms with Crippen LogP contribution in [0, 0.1) is 41.9 Å². The zero-order chi connectivity index (χ0) is 39.9. The lowest BCUT2D eigenvalue weighted by atomic mass is 9.46. The molecular formula is C37H42O14S. The molecule has 52 heavy (non-hydrogen) atoms. The summed E-state index contributed by atoms with van der Waals surface area (Å²) >= 11 is 0. The number of benzene rings is 1. The third kappa shape index (κ3) is 10.9. The normalized spacial score (nSPS) is 25.8. The van der Waals surface area contributed by atoms with Crippen LogP contribution in [0.5, 0.6) is 0 Å². The van der Waals surface area contributed by atoms with Gasteiger partial charge in [-0.3, -0.25) is 33.3 Å². The average Bonchev–Trinajstić information content (AvgIpc) is 3.62. The van der Waals surface area contributed by atoms with Crippen molar-refractivity contribution in [1.82, 2.24) is 0 Å². The second kappa shape index (κ2) is 17.4. The Morgan fingerprint density at radius 2 is 1.37 bits per heavy atom. The Labute approximate surface area is 301 Å². The van der Waals surface area contributed by atoms with Crippen molar-refractivity contribution in [3.05, 3.63) is 77.6 Å². The van der Waals surface area contributed by atoms with Crippen LogP contribution in [-0.2, 0) is 62.7 Å². The third-order valence-electron chi connectivity index (χ3n) is 8.38. The van der Waals surface area contributed by atoms with Crippen molar-refractivity contribution < 1.29 is 65.5 Å². The molecule has 3 fully saturated rings. The number of carbonyl (C=O) groups excluding carboxylic acids is 8. The average molecular weight is 743 g/mol. The van der Waals surface area contributed by atoms with Gasteiger partial charge in [0.05, 0.1) is 28.9 Å². The molecule has 0 radical (unpaired) electrons. The molecule has 7 rings (SSSR count). The van der Waals surface area contributed by atoms with Crippen molar-refractivity contribution in [1.29, 1.82) is 0 Å². The number of hydrogen-bond donors (Lipinski definition) is 1. The van der Waals surface area contributed by atoms with E-state index in [0.717, 1.165) is 28.9 Å². The van der Waals surface area contributed by atoms with Gasteiger partial charge in [-0.25, -0.2) is 9.59 Å². The summed E-state index contributed by atoms with van der Waals surface area (Å²) in [6.07, 6.45) is 5.65. The largest absolute Gasteiger partial charge is 0.432 e. The molecule has 6 unspecified atom stereocenters. The molecule has 2 aliphatic heterocycles. The van der Waals surface area contributed by atoms with Gasteiger partial charge >= 0.3 is 29.8 Å². The van der Waals surface area contributed by atoms with E-state index in [4.69, 9.17) is 9.29 Å². The van der Waals surface area contributed by atoms with Crippen molar-refractivity contribution in [2.75, 3.05) is 0 Å². The van der Waals surface area contributed by atoms with E-state index in [2.05, 4.69) is 16.1 Å². The molecule has 1 aromatic rings. The van der Waals surface area contributed by atoms with Crippen molar-refractivity contribution in [3.63, 3.8) is 0 Å². The van der Waals surface area contributed by atoms with Crippen molar-refractivity contribution in [2.45, 2.75) is 66.7 Å². The number of aryl methyl sites for hydroxylation is 1. The zero-order valence-corrected chi connectivity index (χ0v) is 30.9. The van der Waals surface area contributed by atoms with E-state index < -0.39 is 63.1 Å². The van der Waals surface area contributed by atoms with Gasteiger partial charge in [-0.15, -0.1) is 0 Å². The molecule has 4 aliphatic carbocycles. The van der Waals surface area contributed by atoms with Gasteiger partial charge in [0.15, 0.2) is 5.78 Å². The second-order valence-corrected chi connectivity index (χ2v) is 14.5. The molecule has 1 N–H and O–H groups in total. The molecule has 0 amide bonds. The molecule has 2 heterocycles. The Morgan fingerprint density at radius 3 is 1.73 bits per heavy atom. The van der Waals surface area contributed by atoms with Gasteiger partial charge in [-0.2, -0.15) is 8.42 Å². The number of Topliss-reactive ketones (excluding diaryl/α,β-unsaturated/α-hetero) is 2. The number of cyclic esters (lactones) is 4. The molecule has 14 nitrogen and oxygen atoms in total. The minimum absolute atomic E-state index is 0.0643. The highest BCUT2D eigenvalue weighted by Gasteiger charge is 2.71. The monoisotopic (exact) mass is 742 g/mol. The summed E-state index contributed by atoms with van der Waals surface area (Å²) in [5.41, 5.74) is 2.19. The van der Waals surface area contributed by atoms with E-state index in [1.54, 1.807) is 32.1 Å². The van der Waals surface area contributed by atoms with Crippen LogP contribution in [0.15, 0.2) is 76.9 Å². The van der Waals surface area contributed by atoms with Gasteiger partial charge in [0.25, 0.3) is 10.1 Å². The summed E-state index contributed by atoms with van der Waals surface area (Å²) in [7, 11) is -4.02. The standard InChI is InChI=1S/C15H14O5.C7H8O3S.C6H10O.C5H8O2.C4H2O3/c1-5-4-15(2)11-7(17)3-6(16)9(11)8(5)10-12(15)14(19)20-13(10)18;1-6-2-4-7(5-3-6)11(8,9)10;1-5(2)4-6(3)7;1-4(2)7-5(3)6;5-3-1-2-4(6)7-3/h4,8-12H,3H2,1-2H3;2-5H,1H3,(H,8,9,10);4H,1-3H3;1H2,2-3H3;1-2H. The van der Waals surface area contributed by atoms with Crippen LogP contribution in [0.1, 0.15) is 60.5 Å². The van der Waals surface area contributed by atoms with Gasteiger partial charge < -0.3 is 14.2 Å². The summed E-state index contributed by atoms with van der Waals surface area (Å²) < 4.78 is 42.7. The second-order valence-electron chi connectivity index (χ2n) is 13.1. The molecule has 6 aliphatic rings. The van der Waals surface area contributed by atoms with Crippen molar-refractivity contribution >= 4 is 57.3 Å². The number of hydrogen-bond acceptors (Lipinski definition) is 13. The van der Waals surface area contributed by atoms with Crippen LogP contribution in [-0.4, -0.2) is 60.2 Å². The van der Waals surface area contributed by atoms with Gasteiger partial charge in [0.2, 0.25) is 0 Å². The van der Waals surface area contributed by atoms with Crippen LogP contribution in [0.3, 0.4) is 0 Å². The number of ketones is 3. The van der Waals surface area contributed by atoms with E-state index in [-0.39, 0.29) is 40.6 Å². The van der Waals surface area contributed by atoms with E-state index in [9.17, 15) is 46.8 Å². The lowest BCUT2D eigenvalue weighted by molar-refractivity contribution is -0.155. The fourth-order valence-corrected chi connectivity index (χ4v) is 7.33. The number of ether oxygens (including phenoxy) is 3. The third-order valence-corrected chi connectivity index (χ3v) is 9.24. The molecule has 0 aromatic heterocycles. The molecule has 2 saturated carbocycles. The Bertz CT molecular complexity index is 1800. The van der Waals surface area contributed by atoms with Crippen LogP contribution < -0.4 is 0 Å². The maximum Gasteiger partial charge on any atom is 0.338 e. The minimum Gasteiger partial charge on any atom is -0.432 e. The smallest absolute Gasteiger partial charge is 0.338 e. The predicted octanol–water partition coefficient (Wildman–Crippen LogP) is 4.16. The van der Waals surface area contributed by atoms with Crippen LogP contribution in [0.2, 0.25) is 0 Å². The predicted molar refractivity (Wildman–Crippen MR) is 183 cm³/mol. The number of rotatable bonds is 3. The maximum atomic E-state index is 12.2. The summed E-state index contributed by atoms with van der Waals surface area (Å²) in [5.74, 6) is -4.62. The van der Waals surface area contributed by atoms with Gasteiger partial charge in [0, 0.05) is 42.2 Å². The summed E-state index contributed by atoms with van der Waals surface area (Å²) in [5, 5.41) is 0. The number of allylic oxidation sites excluding steroid dienone is 5. The van der Waals surface area contributed by atoms with Gasteiger partial charge in [-0.1, -0.05) is 48.4 Å². The van der Waals surface area contributed by atoms with E-state index >= 15 is 0 Å². The first kappa shape index (κ1) is 43.0. The first-order chi connectivity index (χ1) is 23.9. The highest BCUT2D eigenvalue weighted by Crippen LogP contribution is 2.65. The summed E-state index contributed by atoms with van der Waals surface area (Å²) in [6, 6.07) is 5.99. The molecule has 1 saturated heterocycles. The number of carbonyl (C=O) groups is 8. The Morgan fingerprint density at radius 1 is 0.827 bits per heavy atom. The quantitative estimate of drug-likeness (QED) is 0.0875. The van der Waals surface area contributed by atoms with E-state index in [1.807, 2.05) is 40.7 Å².